The Kier molecular flexibility index (Phi) is 12.8. The number of hydrogen-bond acceptors (Lipinski definition) is 11. The largest absolute Gasteiger partial charge is 0.491 e. The van der Waals surface area contributed by atoms with Crippen molar-refractivity contribution in [2.24, 2.45) is 0 Å². The number of H-pyrrole nitrogens is 1. The van der Waals surface area contributed by atoms with E-state index in [0.717, 1.165) is 54.1 Å². The van der Waals surface area contributed by atoms with Crippen molar-refractivity contribution in [2.45, 2.75) is 69.6 Å². The summed E-state index contributed by atoms with van der Waals surface area (Å²) in [6.45, 7) is 7.92. The van der Waals surface area contributed by atoms with Crippen molar-refractivity contribution >= 4 is 50.7 Å². The van der Waals surface area contributed by atoms with Gasteiger partial charge >= 0.3 is 29.2 Å². The molecule has 0 radical (unpaired) electrons. The number of rotatable bonds is 12. The third kappa shape index (κ3) is 10.4. The summed E-state index contributed by atoms with van der Waals surface area (Å²) in [4.78, 5) is 56.5. The number of benzene rings is 2. The maximum Gasteiger partial charge on any atom is 0.491 e. The highest BCUT2D eigenvalue weighted by molar-refractivity contribution is 7.16. The summed E-state index contributed by atoms with van der Waals surface area (Å²) >= 11 is 1.98. The van der Waals surface area contributed by atoms with E-state index in [-0.39, 0.29) is 34.8 Å². The molecule has 2 aromatic carbocycles. The van der Waals surface area contributed by atoms with Crippen molar-refractivity contribution in [2.75, 3.05) is 45.9 Å². The lowest BCUT2D eigenvalue weighted by molar-refractivity contribution is -0.205. The van der Waals surface area contributed by atoms with Gasteiger partial charge in [0, 0.05) is 43.2 Å². The van der Waals surface area contributed by atoms with Gasteiger partial charge in [-0.3, -0.25) is 14.5 Å². The lowest BCUT2D eigenvalue weighted by Gasteiger charge is -2.47. The van der Waals surface area contributed by atoms with Crippen LogP contribution in [0.5, 0.6) is 5.75 Å². The molecule has 4 heterocycles. The molecule has 2 aromatic heterocycles. The molecule has 1 amide bonds. The fourth-order valence-electron chi connectivity index (χ4n) is 6.92. The number of aromatic nitrogens is 1. The predicted octanol–water partition coefficient (Wildman–Crippen LogP) is 6.73. The molecule has 2 saturated heterocycles. The number of ether oxygens (including phenoxy) is 3. The highest BCUT2D eigenvalue weighted by Gasteiger charge is 2.44. The minimum atomic E-state index is -5.36. The zero-order valence-corrected chi connectivity index (χ0v) is 32.5. The summed E-state index contributed by atoms with van der Waals surface area (Å²) in [6, 6.07) is 13.7. The number of morpholine rings is 1. The molecule has 1 atom stereocenters. The van der Waals surface area contributed by atoms with Crippen LogP contribution >= 0.6 is 22.7 Å². The smallest absolute Gasteiger partial charge is 0.449 e. The Hall–Kier alpha value is -4.30. The zero-order valence-electron chi connectivity index (χ0n) is 30.9. The lowest BCUT2D eigenvalue weighted by atomic mass is 9.89. The summed E-state index contributed by atoms with van der Waals surface area (Å²) in [5, 5.41) is 2.98. The number of hydrogen-bond donors (Lipinski definition) is 2. The van der Waals surface area contributed by atoms with Gasteiger partial charge in [0.05, 0.1) is 28.3 Å². The summed E-state index contributed by atoms with van der Waals surface area (Å²) in [7, 11) is 0. The summed E-state index contributed by atoms with van der Waals surface area (Å²) in [5.41, 5.74) is 1.10. The van der Waals surface area contributed by atoms with Crippen LogP contribution in [0.2, 0.25) is 0 Å². The first-order valence-corrected chi connectivity index (χ1v) is 19.8. The van der Waals surface area contributed by atoms with Crippen LogP contribution in [0, 0.1) is 0 Å². The number of piperidine rings is 1. The molecule has 0 aliphatic carbocycles. The number of aromatic amines is 1. The van der Waals surface area contributed by atoms with E-state index in [0.29, 0.717) is 49.9 Å². The van der Waals surface area contributed by atoms with Crippen molar-refractivity contribution < 1.29 is 54.9 Å². The molecule has 0 saturated carbocycles. The Morgan fingerprint density at radius 1 is 0.947 bits per heavy atom. The number of alkyl halides is 6. The van der Waals surface area contributed by atoms with Gasteiger partial charge in [-0.15, -0.1) is 11.3 Å². The standard InChI is InChI=1S/C38H40F6N4O7S2/c1-22(2)28-8-9-29(56-28)32(49)48-16-17-53-36(21-48)11-14-47(15-12-36)20-24-5-3-4-23(18-24)10-13-45-19-27(55-34(51)38(42,43)44)25-6-7-26(54-33(50)37(39,40)41)30-31(25)57-35(52)46-30/h3-9,18,22,27,45H,10-17,19-21H2,1-2H3,(H,46,52)/t27-/m0/s1. The number of nitrogens with zero attached hydrogens (tertiary/aromatic N) is 2. The number of esters is 2. The number of likely N-dealkylation sites (tertiary alicyclic amines) is 1. The van der Waals surface area contributed by atoms with Gasteiger partial charge in [0.15, 0.2) is 5.75 Å². The Balaban J connectivity index is 1.04. The van der Waals surface area contributed by atoms with Crippen LogP contribution in [0.4, 0.5) is 26.3 Å². The molecular weight excluding hydrogens is 803 g/mol. The fourth-order valence-corrected chi connectivity index (χ4v) is 8.81. The van der Waals surface area contributed by atoms with Gasteiger partial charge in [0.1, 0.15) is 11.6 Å². The van der Waals surface area contributed by atoms with Crippen LogP contribution in [0.3, 0.4) is 0 Å². The van der Waals surface area contributed by atoms with Gasteiger partial charge in [-0.2, -0.15) is 26.3 Å². The number of carbonyl (C=O) groups is 3. The third-order valence-corrected chi connectivity index (χ3v) is 12.2. The van der Waals surface area contributed by atoms with Crippen LogP contribution in [-0.4, -0.2) is 96.5 Å². The number of fused-ring (bicyclic) bond motifs is 1. The maximum absolute atomic E-state index is 13.3. The number of halogens is 6. The summed E-state index contributed by atoms with van der Waals surface area (Å²) in [5.74, 6) is -5.35. The van der Waals surface area contributed by atoms with Crippen LogP contribution in [0.25, 0.3) is 10.2 Å². The van der Waals surface area contributed by atoms with E-state index in [1.54, 1.807) is 11.3 Å². The second-order valence-electron chi connectivity index (χ2n) is 14.3. The molecule has 1 spiro atoms. The van der Waals surface area contributed by atoms with E-state index in [4.69, 9.17) is 9.47 Å². The van der Waals surface area contributed by atoms with E-state index in [1.165, 1.54) is 4.88 Å². The quantitative estimate of drug-likeness (QED) is 0.0691. The van der Waals surface area contributed by atoms with Crippen molar-refractivity contribution in [1.29, 1.82) is 0 Å². The first kappa shape index (κ1) is 42.3. The van der Waals surface area contributed by atoms with Crippen LogP contribution in [0.1, 0.15) is 70.0 Å². The molecule has 0 bridgehead atoms. The first-order valence-electron chi connectivity index (χ1n) is 18.2. The van der Waals surface area contributed by atoms with Gasteiger partial charge < -0.3 is 29.4 Å². The molecular formula is C38H40F6N4O7S2. The lowest BCUT2D eigenvalue weighted by Crippen LogP contribution is -2.57. The molecule has 2 fully saturated rings. The minimum Gasteiger partial charge on any atom is -0.449 e. The van der Waals surface area contributed by atoms with Gasteiger partial charge in [0.25, 0.3) is 5.91 Å². The van der Waals surface area contributed by atoms with Crippen LogP contribution in [-0.2, 0) is 32.0 Å². The Labute approximate surface area is 330 Å². The number of thiophene rings is 1. The SMILES string of the molecule is CC(C)c1ccc(C(=O)N2CCOC3(CCN(Cc4cccc(CCNC[C@H](OC(=O)C(F)(F)F)c5ccc(OC(=O)C(F)(F)F)c6[nH]c(=O)sc56)c4)CC3)C2)s1. The zero-order chi connectivity index (χ0) is 41.1. The van der Waals surface area contributed by atoms with E-state index in [2.05, 4.69) is 33.8 Å². The van der Waals surface area contributed by atoms with Gasteiger partial charge in [0.2, 0.25) is 0 Å². The first-order chi connectivity index (χ1) is 26.9. The monoisotopic (exact) mass is 842 g/mol. The minimum absolute atomic E-state index is 0.0447. The van der Waals surface area contributed by atoms with Crippen molar-refractivity contribution in [1.82, 2.24) is 20.1 Å². The average molecular weight is 843 g/mol. The van der Waals surface area contributed by atoms with E-state index < -0.39 is 46.6 Å². The average Bonchev–Trinajstić information content (AvgIpc) is 3.81. The molecule has 0 unspecified atom stereocenters. The molecule has 308 valence electrons. The fraction of sp³-hybridized carbons (Fsp3) is 0.474. The molecule has 19 heteroatoms. The second-order valence-corrected chi connectivity index (χ2v) is 16.4. The van der Waals surface area contributed by atoms with E-state index in [9.17, 15) is 45.5 Å². The molecule has 57 heavy (non-hydrogen) atoms. The highest BCUT2D eigenvalue weighted by atomic mass is 32.1. The normalized spacial score (nSPS) is 17.0. The Morgan fingerprint density at radius 2 is 1.67 bits per heavy atom. The molecule has 6 rings (SSSR count). The van der Waals surface area contributed by atoms with Crippen LogP contribution < -0.4 is 14.9 Å². The van der Waals surface area contributed by atoms with Crippen molar-refractivity contribution in [3.63, 3.8) is 0 Å². The third-order valence-electron chi connectivity index (χ3n) is 9.86. The van der Waals surface area contributed by atoms with E-state index in [1.807, 2.05) is 41.3 Å². The maximum atomic E-state index is 13.3. The van der Waals surface area contributed by atoms with Crippen molar-refractivity contribution in [3.05, 3.63) is 84.6 Å². The number of carbonyl (C=O) groups excluding carboxylic acids is 3. The second kappa shape index (κ2) is 17.3. The van der Waals surface area contributed by atoms with Gasteiger partial charge in [-0.1, -0.05) is 49.4 Å². The molecule has 11 nitrogen and oxygen atoms in total. The Morgan fingerprint density at radius 3 is 2.35 bits per heavy atom. The van der Waals surface area contributed by atoms with E-state index >= 15 is 0 Å². The predicted molar refractivity (Wildman–Crippen MR) is 200 cm³/mol. The molecule has 4 aromatic rings. The highest BCUT2D eigenvalue weighted by Crippen LogP contribution is 2.36. The van der Waals surface area contributed by atoms with Gasteiger partial charge in [-0.25, -0.2) is 9.59 Å². The molecule has 2 aliphatic heterocycles. The molecule has 2 N–H and O–H groups in total. The number of thiazole rings is 1. The van der Waals surface area contributed by atoms with Gasteiger partial charge in [-0.05, 0) is 67.1 Å². The Bertz CT molecular complexity index is 2140. The summed E-state index contributed by atoms with van der Waals surface area (Å²) in [6.07, 6.45) is -10.3. The molecule has 2 aliphatic rings. The number of amides is 1. The summed E-state index contributed by atoms with van der Waals surface area (Å²) < 4.78 is 93.6. The van der Waals surface area contributed by atoms with Crippen LogP contribution in [0.15, 0.2) is 53.3 Å². The number of nitrogens with one attached hydrogen (secondary N) is 2. The topological polar surface area (TPSA) is 130 Å². The van der Waals surface area contributed by atoms with Crippen molar-refractivity contribution in [3.8, 4) is 5.75 Å².